The number of anilines is 1. The lowest BCUT2D eigenvalue weighted by atomic mass is 10.1. The molecule has 0 aromatic carbocycles. The van der Waals surface area contributed by atoms with E-state index in [0.717, 1.165) is 5.76 Å². The highest BCUT2D eigenvalue weighted by Gasteiger charge is 2.26. The summed E-state index contributed by atoms with van der Waals surface area (Å²) in [5.74, 6) is 0.357. The molecule has 0 bridgehead atoms. The van der Waals surface area contributed by atoms with Crippen molar-refractivity contribution >= 4 is 40.2 Å². The number of imide groups is 1. The van der Waals surface area contributed by atoms with Crippen LogP contribution in [0.4, 0.5) is 9.93 Å². The quantitative estimate of drug-likeness (QED) is 0.649. The van der Waals surface area contributed by atoms with Crippen molar-refractivity contribution in [1.82, 2.24) is 15.5 Å². The van der Waals surface area contributed by atoms with Gasteiger partial charge in [0.1, 0.15) is 5.76 Å². The first-order valence-corrected chi connectivity index (χ1v) is 8.52. The fourth-order valence-corrected chi connectivity index (χ4v) is 3.65. The van der Waals surface area contributed by atoms with Crippen LogP contribution in [0, 0.1) is 5.92 Å². The number of carbonyl (C=O) groups is 2. The van der Waals surface area contributed by atoms with E-state index < -0.39 is 17.2 Å². The Labute approximate surface area is 141 Å². The Kier molecular flexibility index (Phi) is 5.99. The van der Waals surface area contributed by atoms with Gasteiger partial charge < -0.3 is 15.5 Å². The van der Waals surface area contributed by atoms with Gasteiger partial charge in [-0.25, -0.2) is 4.79 Å². The number of urea groups is 1. The number of furan rings is 1. The Morgan fingerprint density at radius 3 is 2.83 bits per heavy atom. The van der Waals surface area contributed by atoms with Crippen molar-refractivity contribution in [2.45, 2.75) is 30.0 Å². The molecule has 0 fully saturated rings. The number of nitrogens with zero attached hydrogens (tertiary/aromatic N) is 2. The predicted octanol–water partition coefficient (Wildman–Crippen LogP) is 2.05. The van der Waals surface area contributed by atoms with Gasteiger partial charge in [0, 0.05) is 0 Å². The molecule has 0 spiro atoms. The number of primary amides is 1. The van der Waals surface area contributed by atoms with Crippen molar-refractivity contribution in [3.05, 3.63) is 24.2 Å². The van der Waals surface area contributed by atoms with Crippen LogP contribution in [0.15, 0.2) is 27.2 Å². The first-order valence-electron chi connectivity index (χ1n) is 6.82. The van der Waals surface area contributed by atoms with E-state index in [9.17, 15) is 9.59 Å². The second-order valence-corrected chi connectivity index (χ2v) is 7.31. The molecule has 1 atom stereocenters. The lowest BCUT2D eigenvalue weighted by Crippen LogP contribution is -2.42. The monoisotopic (exact) mass is 355 g/mol. The predicted molar refractivity (Wildman–Crippen MR) is 88.2 cm³/mol. The zero-order valence-corrected chi connectivity index (χ0v) is 14.2. The third kappa shape index (κ3) is 5.25. The highest BCUT2D eigenvalue weighted by atomic mass is 32.2. The van der Waals surface area contributed by atoms with Crippen LogP contribution in [0.3, 0.4) is 0 Å². The molecule has 0 aliphatic heterocycles. The number of hydrogen-bond acceptors (Lipinski definition) is 8. The van der Waals surface area contributed by atoms with Crippen molar-refractivity contribution < 1.29 is 14.0 Å². The van der Waals surface area contributed by atoms with Gasteiger partial charge in [0.2, 0.25) is 11.0 Å². The van der Waals surface area contributed by atoms with E-state index >= 15 is 0 Å². The average Bonchev–Trinajstić information content (AvgIpc) is 3.13. The number of nitrogens with two attached hydrogens (primary N) is 1. The van der Waals surface area contributed by atoms with Gasteiger partial charge in [-0.3, -0.25) is 10.1 Å². The van der Waals surface area contributed by atoms with Gasteiger partial charge >= 0.3 is 6.03 Å². The van der Waals surface area contributed by atoms with Crippen molar-refractivity contribution in [3.63, 3.8) is 0 Å². The largest absolute Gasteiger partial charge is 0.467 e. The van der Waals surface area contributed by atoms with Gasteiger partial charge in [-0.1, -0.05) is 36.9 Å². The molecule has 0 saturated carbocycles. The van der Waals surface area contributed by atoms with Crippen LogP contribution in [0.1, 0.15) is 19.6 Å². The summed E-state index contributed by atoms with van der Waals surface area (Å²) in [6.45, 7) is 4.27. The summed E-state index contributed by atoms with van der Waals surface area (Å²) in [5.41, 5.74) is 4.99. The minimum atomic E-state index is -0.862. The third-order valence-corrected chi connectivity index (χ3v) is 5.25. The Morgan fingerprint density at radius 2 is 2.22 bits per heavy atom. The van der Waals surface area contributed by atoms with Crippen LogP contribution in [0.25, 0.3) is 0 Å². The normalized spacial score (nSPS) is 12.1. The standard InChI is InChI=1S/C13H17N5O3S2/c1-7(2)9(10(19)16-11(14)20)22-13-18-17-12(23-13)15-6-8-4-3-5-21-8/h3-5,7,9H,6H2,1-2H3,(H,15,17)(H3,14,16,19,20)/t9-/m1/s1. The van der Waals surface area contributed by atoms with E-state index in [-0.39, 0.29) is 5.92 Å². The molecule has 0 saturated heterocycles. The van der Waals surface area contributed by atoms with E-state index in [1.165, 1.54) is 23.1 Å². The second-order valence-electron chi connectivity index (χ2n) is 4.94. The third-order valence-electron chi connectivity index (χ3n) is 2.74. The molecule has 0 unspecified atom stereocenters. The molecular formula is C13H17N5O3S2. The number of carbonyl (C=O) groups excluding carboxylic acids is 2. The number of aromatic nitrogens is 2. The molecule has 23 heavy (non-hydrogen) atoms. The van der Waals surface area contributed by atoms with E-state index in [0.29, 0.717) is 16.0 Å². The smallest absolute Gasteiger partial charge is 0.318 e. The molecule has 0 aliphatic rings. The molecule has 8 nitrogen and oxygen atoms in total. The SMILES string of the molecule is CC(C)[C@@H](Sc1nnc(NCc2ccco2)s1)C(=O)NC(N)=O. The maximum atomic E-state index is 12.0. The Hall–Kier alpha value is -2.07. The van der Waals surface area contributed by atoms with Gasteiger partial charge in [-0.05, 0) is 18.1 Å². The van der Waals surface area contributed by atoms with Crippen LogP contribution in [-0.2, 0) is 11.3 Å². The molecule has 3 amide bonds. The first-order chi connectivity index (χ1) is 11.0. The summed E-state index contributed by atoms with van der Waals surface area (Å²) in [6.07, 6.45) is 1.60. The van der Waals surface area contributed by atoms with Crippen molar-refractivity contribution in [2.24, 2.45) is 11.7 Å². The lowest BCUT2D eigenvalue weighted by molar-refractivity contribution is -0.120. The first kappa shape index (κ1) is 17.3. The highest BCUT2D eigenvalue weighted by Crippen LogP contribution is 2.32. The van der Waals surface area contributed by atoms with E-state index in [1.807, 2.05) is 26.0 Å². The Balaban J connectivity index is 1.95. The minimum Gasteiger partial charge on any atom is -0.467 e. The fourth-order valence-electron chi connectivity index (χ4n) is 1.70. The maximum absolute atomic E-state index is 12.0. The number of thioether (sulfide) groups is 1. The summed E-state index contributed by atoms with van der Waals surface area (Å²) >= 11 is 2.58. The molecule has 0 radical (unpaired) electrons. The topological polar surface area (TPSA) is 123 Å². The van der Waals surface area contributed by atoms with Gasteiger partial charge in [-0.2, -0.15) is 0 Å². The summed E-state index contributed by atoms with van der Waals surface area (Å²) in [4.78, 5) is 22.8. The number of amides is 3. The summed E-state index contributed by atoms with van der Waals surface area (Å²) < 4.78 is 5.85. The molecule has 0 aliphatic carbocycles. The molecule has 2 aromatic rings. The van der Waals surface area contributed by atoms with Gasteiger partial charge in [0.15, 0.2) is 4.34 Å². The molecule has 2 rings (SSSR count). The minimum absolute atomic E-state index is 0.00257. The Bertz CT molecular complexity index is 656. The number of rotatable bonds is 7. The summed E-state index contributed by atoms with van der Waals surface area (Å²) in [6, 6.07) is 2.80. The molecule has 2 heterocycles. The Morgan fingerprint density at radius 1 is 1.43 bits per heavy atom. The molecule has 10 heteroatoms. The average molecular weight is 355 g/mol. The van der Waals surface area contributed by atoms with Crippen LogP contribution >= 0.6 is 23.1 Å². The number of nitrogens with one attached hydrogen (secondary N) is 2. The van der Waals surface area contributed by atoms with Crippen molar-refractivity contribution in [2.75, 3.05) is 5.32 Å². The molecule has 2 aromatic heterocycles. The zero-order chi connectivity index (χ0) is 16.8. The van der Waals surface area contributed by atoms with E-state index in [4.69, 9.17) is 10.2 Å². The number of hydrogen-bond donors (Lipinski definition) is 3. The molecular weight excluding hydrogens is 338 g/mol. The summed E-state index contributed by atoms with van der Waals surface area (Å²) in [7, 11) is 0. The lowest BCUT2D eigenvalue weighted by Gasteiger charge is -2.16. The summed E-state index contributed by atoms with van der Waals surface area (Å²) in [5, 5.41) is 13.4. The fraction of sp³-hybridized carbons (Fsp3) is 0.385. The highest BCUT2D eigenvalue weighted by molar-refractivity contribution is 8.02. The maximum Gasteiger partial charge on any atom is 0.318 e. The van der Waals surface area contributed by atoms with Crippen molar-refractivity contribution in [3.8, 4) is 0 Å². The molecule has 4 N–H and O–H groups in total. The van der Waals surface area contributed by atoms with Gasteiger partial charge in [-0.15, -0.1) is 10.2 Å². The second kappa shape index (κ2) is 7.97. The van der Waals surface area contributed by atoms with Crippen LogP contribution < -0.4 is 16.4 Å². The van der Waals surface area contributed by atoms with Crippen LogP contribution in [0.2, 0.25) is 0 Å². The van der Waals surface area contributed by atoms with Crippen LogP contribution in [-0.4, -0.2) is 27.4 Å². The van der Waals surface area contributed by atoms with E-state index in [2.05, 4.69) is 20.8 Å². The van der Waals surface area contributed by atoms with Crippen LogP contribution in [0.5, 0.6) is 0 Å². The zero-order valence-electron chi connectivity index (χ0n) is 12.6. The van der Waals surface area contributed by atoms with Crippen molar-refractivity contribution in [1.29, 1.82) is 0 Å². The van der Waals surface area contributed by atoms with E-state index in [1.54, 1.807) is 6.26 Å². The van der Waals surface area contributed by atoms with Gasteiger partial charge in [0.05, 0.1) is 18.1 Å². The van der Waals surface area contributed by atoms with Gasteiger partial charge in [0.25, 0.3) is 0 Å². The molecule has 124 valence electrons.